The molecule has 0 radical (unpaired) electrons. The number of nitrogens with zero attached hydrogens (tertiary/aromatic N) is 6. The maximum absolute atomic E-state index is 4.24. The summed E-state index contributed by atoms with van der Waals surface area (Å²) >= 11 is 0. The molecule has 0 spiro atoms. The minimum atomic E-state index is 0.823. The van der Waals surface area contributed by atoms with E-state index in [1.807, 2.05) is 47.4 Å². The van der Waals surface area contributed by atoms with Crippen LogP contribution in [-0.2, 0) is 6.54 Å². The Morgan fingerprint density at radius 3 is 2.46 bits per heavy atom. The number of piperazine rings is 1. The highest BCUT2D eigenvalue weighted by Crippen LogP contribution is 2.14. The van der Waals surface area contributed by atoms with Gasteiger partial charge in [-0.1, -0.05) is 23.3 Å². The first-order valence-electron chi connectivity index (χ1n) is 8.21. The molecule has 0 amide bonds. The van der Waals surface area contributed by atoms with E-state index in [0.717, 1.165) is 44.4 Å². The van der Waals surface area contributed by atoms with Gasteiger partial charge in [-0.2, -0.15) is 4.68 Å². The first-order valence-corrected chi connectivity index (χ1v) is 8.21. The van der Waals surface area contributed by atoms with Crippen LogP contribution < -0.4 is 9.80 Å². The van der Waals surface area contributed by atoms with Gasteiger partial charge in [-0.25, -0.2) is 0 Å². The zero-order chi connectivity index (χ0) is 16.2. The number of hydrogen-bond acceptors (Lipinski definition) is 5. The summed E-state index contributed by atoms with van der Waals surface area (Å²) in [5.74, 6) is 0.823. The Morgan fingerprint density at radius 2 is 1.71 bits per heavy atom. The summed E-state index contributed by atoms with van der Waals surface area (Å²) in [6.45, 7) is 5.09. The van der Waals surface area contributed by atoms with Gasteiger partial charge in [-0.3, -0.25) is 4.98 Å². The zero-order valence-electron chi connectivity index (χ0n) is 13.4. The van der Waals surface area contributed by atoms with Gasteiger partial charge in [-0.15, -0.1) is 0 Å². The van der Waals surface area contributed by atoms with E-state index in [4.69, 9.17) is 0 Å². The van der Waals surface area contributed by atoms with Crippen LogP contribution in [0.5, 0.6) is 0 Å². The van der Waals surface area contributed by atoms with E-state index in [0.29, 0.717) is 0 Å². The number of nitrogens with one attached hydrogen (secondary N) is 1. The lowest BCUT2D eigenvalue weighted by Crippen LogP contribution is -3.13. The van der Waals surface area contributed by atoms with E-state index in [1.54, 1.807) is 4.90 Å². The van der Waals surface area contributed by atoms with Crippen molar-refractivity contribution in [2.75, 3.05) is 31.1 Å². The van der Waals surface area contributed by atoms with Crippen molar-refractivity contribution in [1.29, 1.82) is 0 Å². The lowest BCUT2D eigenvalue weighted by atomic mass is 10.2. The fraction of sp³-hybridized carbons (Fsp3) is 0.294. The molecular formula is C17H20N7+. The number of anilines is 1. The minimum Gasteiger partial charge on any atom is -0.328 e. The van der Waals surface area contributed by atoms with E-state index < -0.39 is 0 Å². The van der Waals surface area contributed by atoms with Gasteiger partial charge in [0.15, 0.2) is 0 Å². The highest BCUT2D eigenvalue weighted by Gasteiger charge is 2.24. The molecule has 1 aliphatic rings. The van der Waals surface area contributed by atoms with E-state index in [1.165, 1.54) is 5.56 Å². The molecule has 1 fully saturated rings. The number of rotatable bonds is 4. The topological polar surface area (TPSA) is 64.2 Å². The molecule has 1 aromatic carbocycles. The fourth-order valence-corrected chi connectivity index (χ4v) is 3.10. The zero-order valence-corrected chi connectivity index (χ0v) is 13.4. The molecule has 3 aromatic rings. The molecule has 24 heavy (non-hydrogen) atoms. The second-order valence-electron chi connectivity index (χ2n) is 6.00. The van der Waals surface area contributed by atoms with Crippen molar-refractivity contribution < 1.29 is 4.90 Å². The molecule has 7 heteroatoms. The molecule has 1 N–H and O–H groups in total. The molecule has 0 unspecified atom stereocenters. The van der Waals surface area contributed by atoms with Crippen LogP contribution >= 0.6 is 0 Å². The van der Waals surface area contributed by atoms with Crippen molar-refractivity contribution in [1.82, 2.24) is 25.2 Å². The number of pyridine rings is 1. The number of quaternary nitrogens is 1. The Hall–Kier alpha value is -2.80. The third kappa shape index (κ3) is 3.11. The van der Waals surface area contributed by atoms with Gasteiger partial charge in [0.25, 0.3) is 5.95 Å². The second kappa shape index (κ2) is 6.76. The predicted molar refractivity (Wildman–Crippen MR) is 90.0 cm³/mol. The largest absolute Gasteiger partial charge is 0.328 e. The second-order valence-corrected chi connectivity index (χ2v) is 6.00. The summed E-state index contributed by atoms with van der Waals surface area (Å²) < 4.78 is 1.81. The molecule has 4 rings (SSSR count). The van der Waals surface area contributed by atoms with Crippen LogP contribution in [0.1, 0.15) is 5.56 Å². The Kier molecular flexibility index (Phi) is 4.16. The van der Waals surface area contributed by atoms with Crippen LogP contribution in [0.3, 0.4) is 0 Å². The third-order valence-corrected chi connectivity index (χ3v) is 4.41. The first-order chi connectivity index (χ1) is 11.9. The lowest BCUT2D eigenvalue weighted by Gasteiger charge is -2.32. The van der Waals surface area contributed by atoms with Crippen molar-refractivity contribution in [3.8, 4) is 5.69 Å². The molecule has 3 heterocycles. The Morgan fingerprint density at radius 1 is 0.958 bits per heavy atom. The maximum atomic E-state index is 4.24. The van der Waals surface area contributed by atoms with Crippen LogP contribution in [0, 0.1) is 0 Å². The molecular weight excluding hydrogens is 302 g/mol. The molecule has 1 saturated heterocycles. The summed E-state index contributed by atoms with van der Waals surface area (Å²) in [6.07, 6.45) is 3.72. The van der Waals surface area contributed by atoms with Crippen molar-refractivity contribution >= 4 is 5.95 Å². The monoisotopic (exact) mass is 322 g/mol. The molecule has 1 aliphatic heterocycles. The summed E-state index contributed by atoms with van der Waals surface area (Å²) in [5, 5.41) is 12.3. The minimum absolute atomic E-state index is 0.823. The van der Waals surface area contributed by atoms with E-state index in [9.17, 15) is 0 Å². The van der Waals surface area contributed by atoms with Gasteiger partial charge in [0.05, 0.1) is 31.9 Å². The van der Waals surface area contributed by atoms with Gasteiger partial charge in [0, 0.05) is 18.0 Å². The molecule has 2 aromatic heterocycles. The third-order valence-electron chi connectivity index (χ3n) is 4.41. The first kappa shape index (κ1) is 14.8. The van der Waals surface area contributed by atoms with Crippen LogP contribution in [0.15, 0.2) is 54.9 Å². The predicted octanol–water partition coefficient (Wildman–Crippen LogP) is -0.0376. The highest BCUT2D eigenvalue weighted by atomic mass is 15.6. The van der Waals surface area contributed by atoms with Crippen molar-refractivity contribution in [3.05, 3.63) is 60.4 Å². The van der Waals surface area contributed by atoms with Crippen LogP contribution in [0.25, 0.3) is 5.69 Å². The van der Waals surface area contributed by atoms with Gasteiger partial charge < -0.3 is 9.80 Å². The molecule has 0 saturated carbocycles. The standard InChI is InChI=1S/C17H19N7/c1-2-4-16(5-3-1)24-17(19-20-21-24)23-12-10-22(11-13-23)14-15-6-8-18-9-7-15/h1-9H,10-14H2/p+1. The van der Waals surface area contributed by atoms with Crippen LogP contribution in [-0.4, -0.2) is 51.4 Å². The van der Waals surface area contributed by atoms with Gasteiger partial charge in [-0.05, 0) is 34.7 Å². The van der Waals surface area contributed by atoms with E-state index in [2.05, 4.69) is 37.5 Å². The highest BCUT2D eigenvalue weighted by molar-refractivity contribution is 5.40. The maximum Gasteiger partial charge on any atom is 0.250 e. The quantitative estimate of drug-likeness (QED) is 0.730. The Balaban J connectivity index is 1.43. The van der Waals surface area contributed by atoms with Crippen LogP contribution in [0.2, 0.25) is 0 Å². The fourth-order valence-electron chi connectivity index (χ4n) is 3.10. The summed E-state index contributed by atoms with van der Waals surface area (Å²) in [4.78, 5) is 7.93. The van der Waals surface area contributed by atoms with E-state index >= 15 is 0 Å². The molecule has 0 bridgehead atoms. The molecule has 7 nitrogen and oxygen atoms in total. The average Bonchev–Trinajstić information content (AvgIpc) is 3.14. The number of tetrazole rings is 1. The number of aromatic nitrogens is 5. The number of para-hydroxylation sites is 1. The smallest absolute Gasteiger partial charge is 0.250 e. The molecule has 122 valence electrons. The molecule has 0 atom stereocenters. The summed E-state index contributed by atoms with van der Waals surface area (Å²) in [6, 6.07) is 14.2. The SMILES string of the molecule is c1ccc(-n2nnnc2N2CC[NH+](Cc3ccncc3)CC2)cc1. The van der Waals surface area contributed by atoms with Crippen molar-refractivity contribution in [2.45, 2.75) is 6.54 Å². The molecule has 0 aliphatic carbocycles. The summed E-state index contributed by atoms with van der Waals surface area (Å²) in [5.41, 5.74) is 2.33. The summed E-state index contributed by atoms with van der Waals surface area (Å²) in [7, 11) is 0. The number of benzene rings is 1. The van der Waals surface area contributed by atoms with Crippen molar-refractivity contribution in [2.24, 2.45) is 0 Å². The van der Waals surface area contributed by atoms with E-state index in [-0.39, 0.29) is 0 Å². The van der Waals surface area contributed by atoms with Gasteiger partial charge >= 0.3 is 0 Å². The lowest BCUT2D eigenvalue weighted by molar-refractivity contribution is -0.914. The van der Waals surface area contributed by atoms with Crippen LogP contribution in [0.4, 0.5) is 5.95 Å². The number of hydrogen-bond donors (Lipinski definition) is 1. The normalized spacial score (nSPS) is 15.6. The average molecular weight is 322 g/mol. The Bertz CT molecular complexity index is 764. The van der Waals surface area contributed by atoms with Gasteiger partial charge in [0.1, 0.15) is 6.54 Å². The Labute approximate surface area is 140 Å². The van der Waals surface area contributed by atoms with Gasteiger partial charge in [0.2, 0.25) is 0 Å². The van der Waals surface area contributed by atoms with Crippen molar-refractivity contribution in [3.63, 3.8) is 0 Å².